The predicted octanol–water partition coefficient (Wildman–Crippen LogP) is -0.369. The van der Waals surface area contributed by atoms with Crippen LogP contribution in [0, 0.1) is 23.2 Å². The van der Waals surface area contributed by atoms with Crippen LogP contribution in [0.5, 0.6) is 0 Å². The maximum absolute atomic E-state index is 10.2. The minimum atomic E-state index is -0.337. The monoisotopic (exact) mass is 110 g/mol. The van der Waals surface area contributed by atoms with Crippen molar-refractivity contribution in [3.8, 4) is 6.07 Å². The number of hydrogen-bond acceptors (Lipinski definition) is 2. The zero-order valence-electron chi connectivity index (χ0n) is 4.29. The van der Waals surface area contributed by atoms with Gasteiger partial charge in [-0.2, -0.15) is 5.26 Å². The summed E-state index contributed by atoms with van der Waals surface area (Å²) in [5.41, 5.74) is 4.87. The maximum Gasteiger partial charge on any atom is 0.221 e. The average Bonchev–Trinajstić information content (AvgIpc) is 2.42. The van der Waals surface area contributed by atoms with Crippen LogP contribution in [0.25, 0.3) is 0 Å². The van der Waals surface area contributed by atoms with Crippen LogP contribution in [0.15, 0.2) is 0 Å². The molecule has 2 N–H and O–H groups in total. The summed E-state index contributed by atoms with van der Waals surface area (Å²) in [6, 6.07) is 1.97. The van der Waals surface area contributed by atoms with Crippen LogP contribution in [-0.2, 0) is 4.79 Å². The lowest BCUT2D eigenvalue weighted by Gasteiger charge is -1.80. The fourth-order valence-corrected chi connectivity index (χ4v) is 0.652. The molecule has 1 saturated carbocycles. The number of primary amides is 1. The van der Waals surface area contributed by atoms with Crippen molar-refractivity contribution in [2.75, 3.05) is 0 Å². The quantitative estimate of drug-likeness (QED) is 0.500. The van der Waals surface area contributed by atoms with Gasteiger partial charge in [0.2, 0.25) is 5.91 Å². The molecule has 1 fully saturated rings. The third-order valence-corrected chi connectivity index (χ3v) is 1.32. The first-order valence-corrected chi connectivity index (χ1v) is 2.44. The SMILES string of the molecule is N#C[C@H]1C[C@H]1C(N)=O. The first kappa shape index (κ1) is 5.10. The second-order valence-corrected chi connectivity index (χ2v) is 1.98. The highest BCUT2D eigenvalue weighted by Gasteiger charge is 2.41. The highest BCUT2D eigenvalue weighted by molar-refractivity contribution is 5.80. The molecule has 0 unspecified atom stereocenters. The van der Waals surface area contributed by atoms with E-state index in [1.807, 2.05) is 6.07 Å². The van der Waals surface area contributed by atoms with Crippen molar-refractivity contribution in [3.63, 3.8) is 0 Å². The number of nitrogens with zero attached hydrogens (tertiary/aromatic N) is 1. The predicted molar refractivity (Wildman–Crippen MR) is 26.4 cm³/mol. The molecule has 0 spiro atoms. The second-order valence-electron chi connectivity index (χ2n) is 1.98. The van der Waals surface area contributed by atoms with Gasteiger partial charge in [-0.25, -0.2) is 0 Å². The standard InChI is InChI=1S/C5H6N2O/c6-2-3-1-4(3)5(7)8/h3-4H,1H2,(H2,7,8)/t3-,4-/m1/s1. The highest BCUT2D eigenvalue weighted by atomic mass is 16.1. The number of nitrogens with two attached hydrogens (primary N) is 1. The number of nitriles is 1. The lowest BCUT2D eigenvalue weighted by Crippen LogP contribution is -2.13. The number of carbonyl (C=O) groups is 1. The third-order valence-electron chi connectivity index (χ3n) is 1.32. The molecule has 0 heterocycles. The van der Waals surface area contributed by atoms with E-state index in [1.54, 1.807) is 0 Å². The van der Waals surface area contributed by atoms with E-state index < -0.39 is 0 Å². The Morgan fingerprint density at radius 2 is 2.50 bits per heavy atom. The second kappa shape index (κ2) is 1.48. The van der Waals surface area contributed by atoms with E-state index in [1.165, 1.54) is 0 Å². The molecule has 8 heavy (non-hydrogen) atoms. The first-order valence-electron chi connectivity index (χ1n) is 2.44. The van der Waals surface area contributed by atoms with E-state index in [2.05, 4.69) is 0 Å². The van der Waals surface area contributed by atoms with Crippen molar-refractivity contribution < 1.29 is 4.79 Å². The van der Waals surface area contributed by atoms with Crippen molar-refractivity contribution in [2.24, 2.45) is 17.6 Å². The number of amides is 1. The lowest BCUT2D eigenvalue weighted by molar-refractivity contribution is -0.119. The largest absolute Gasteiger partial charge is 0.369 e. The third kappa shape index (κ3) is 0.648. The molecule has 2 atom stereocenters. The molecule has 0 bridgehead atoms. The molecule has 0 aliphatic heterocycles. The van der Waals surface area contributed by atoms with Gasteiger partial charge >= 0.3 is 0 Å². The molecule has 1 amide bonds. The van der Waals surface area contributed by atoms with E-state index in [-0.39, 0.29) is 17.7 Å². The normalized spacial score (nSPS) is 33.4. The Bertz CT molecular complexity index is 158. The van der Waals surface area contributed by atoms with Crippen LogP contribution in [0.3, 0.4) is 0 Å². The summed E-state index contributed by atoms with van der Waals surface area (Å²) < 4.78 is 0. The van der Waals surface area contributed by atoms with Gasteiger partial charge < -0.3 is 5.73 Å². The summed E-state index contributed by atoms with van der Waals surface area (Å²) in [6.45, 7) is 0. The molecule has 3 heteroatoms. The smallest absolute Gasteiger partial charge is 0.221 e. The van der Waals surface area contributed by atoms with Crippen molar-refractivity contribution in [1.82, 2.24) is 0 Å². The molecule has 1 aliphatic rings. The van der Waals surface area contributed by atoms with Gasteiger partial charge in [-0.1, -0.05) is 0 Å². The summed E-state index contributed by atoms with van der Waals surface area (Å²) in [7, 11) is 0. The van der Waals surface area contributed by atoms with Crippen LogP contribution >= 0.6 is 0 Å². The van der Waals surface area contributed by atoms with Gasteiger partial charge in [0, 0.05) is 0 Å². The zero-order chi connectivity index (χ0) is 6.15. The van der Waals surface area contributed by atoms with Gasteiger partial charge in [-0.3, -0.25) is 4.79 Å². The molecule has 0 aromatic rings. The Kier molecular flexibility index (Phi) is 0.943. The average molecular weight is 110 g/mol. The lowest BCUT2D eigenvalue weighted by atomic mass is 10.3. The molecule has 0 aromatic heterocycles. The number of rotatable bonds is 1. The van der Waals surface area contributed by atoms with Gasteiger partial charge in [0.15, 0.2) is 0 Å². The Labute approximate surface area is 47.1 Å². The summed E-state index contributed by atoms with van der Waals surface area (Å²) in [4.78, 5) is 10.2. The molecular weight excluding hydrogens is 104 g/mol. The summed E-state index contributed by atoms with van der Waals surface area (Å²) in [5.74, 6) is -0.552. The Morgan fingerprint density at radius 3 is 2.62 bits per heavy atom. The van der Waals surface area contributed by atoms with E-state index in [0.29, 0.717) is 6.42 Å². The zero-order valence-corrected chi connectivity index (χ0v) is 4.29. The van der Waals surface area contributed by atoms with Crippen LogP contribution in [0.4, 0.5) is 0 Å². The Morgan fingerprint density at radius 1 is 1.88 bits per heavy atom. The van der Waals surface area contributed by atoms with Gasteiger partial charge in [-0.05, 0) is 6.42 Å². The molecule has 42 valence electrons. The fourth-order valence-electron chi connectivity index (χ4n) is 0.652. The molecular formula is C5H6N2O. The molecule has 0 radical (unpaired) electrons. The van der Waals surface area contributed by atoms with E-state index in [0.717, 1.165) is 0 Å². The van der Waals surface area contributed by atoms with Crippen molar-refractivity contribution in [2.45, 2.75) is 6.42 Å². The molecule has 0 aromatic carbocycles. The molecule has 0 saturated heterocycles. The van der Waals surface area contributed by atoms with Gasteiger partial charge in [0.25, 0.3) is 0 Å². The molecule has 1 aliphatic carbocycles. The molecule has 3 nitrogen and oxygen atoms in total. The summed E-state index contributed by atoms with van der Waals surface area (Å²) >= 11 is 0. The Balaban J connectivity index is 2.40. The van der Waals surface area contributed by atoms with E-state index in [9.17, 15) is 4.79 Å². The topological polar surface area (TPSA) is 66.9 Å². The minimum Gasteiger partial charge on any atom is -0.369 e. The minimum absolute atomic E-state index is 0.0764. The van der Waals surface area contributed by atoms with Crippen LogP contribution in [0.1, 0.15) is 6.42 Å². The van der Waals surface area contributed by atoms with E-state index >= 15 is 0 Å². The summed E-state index contributed by atoms with van der Waals surface area (Å²) in [5, 5.41) is 8.17. The number of carbonyl (C=O) groups excluding carboxylic acids is 1. The molecule has 1 rings (SSSR count). The van der Waals surface area contributed by atoms with Gasteiger partial charge in [0.1, 0.15) is 0 Å². The summed E-state index contributed by atoms with van der Waals surface area (Å²) in [6.07, 6.45) is 0.672. The van der Waals surface area contributed by atoms with Gasteiger partial charge in [-0.15, -0.1) is 0 Å². The van der Waals surface area contributed by atoms with Crippen molar-refractivity contribution >= 4 is 5.91 Å². The van der Waals surface area contributed by atoms with Crippen LogP contribution < -0.4 is 5.73 Å². The highest BCUT2D eigenvalue weighted by Crippen LogP contribution is 2.36. The number of hydrogen-bond donors (Lipinski definition) is 1. The van der Waals surface area contributed by atoms with Crippen LogP contribution in [0.2, 0.25) is 0 Å². The van der Waals surface area contributed by atoms with Crippen LogP contribution in [-0.4, -0.2) is 5.91 Å². The van der Waals surface area contributed by atoms with Crippen molar-refractivity contribution in [1.29, 1.82) is 5.26 Å². The van der Waals surface area contributed by atoms with Crippen molar-refractivity contribution in [3.05, 3.63) is 0 Å². The van der Waals surface area contributed by atoms with Gasteiger partial charge in [0.05, 0.1) is 17.9 Å². The van der Waals surface area contributed by atoms with E-state index in [4.69, 9.17) is 11.0 Å². The Hall–Kier alpha value is -1.04. The fraction of sp³-hybridized carbons (Fsp3) is 0.600. The first-order chi connectivity index (χ1) is 3.75. The maximum atomic E-state index is 10.2.